The van der Waals surface area contributed by atoms with Gasteiger partial charge in [0.2, 0.25) is 5.91 Å². The molecule has 4 rings (SSSR count). The van der Waals surface area contributed by atoms with E-state index in [9.17, 15) is 19.7 Å². The molecule has 2 atom stereocenters. The average molecular weight is 403 g/mol. The molecule has 1 aromatic carbocycles. The second-order valence-corrected chi connectivity index (χ2v) is 8.10. The minimum Gasteiger partial charge on any atom is -0.329 e. The monoisotopic (exact) mass is 402 g/mol. The first-order chi connectivity index (χ1) is 12.9. The quantitative estimate of drug-likeness (QED) is 0.611. The van der Waals surface area contributed by atoms with Gasteiger partial charge in [0.1, 0.15) is 5.02 Å². The van der Waals surface area contributed by atoms with Gasteiger partial charge >= 0.3 is 0 Å². The van der Waals surface area contributed by atoms with Gasteiger partial charge in [-0.2, -0.15) is 0 Å². The molecule has 6 nitrogen and oxygen atoms in total. The molecule has 1 aliphatic carbocycles. The average Bonchev–Trinajstić information content (AvgIpc) is 3.15. The van der Waals surface area contributed by atoms with E-state index >= 15 is 0 Å². The van der Waals surface area contributed by atoms with Gasteiger partial charge in [-0.3, -0.25) is 19.7 Å². The van der Waals surface area contributed by atoms with Crippen molar-refractivity contribution in [1.82, 2.24) is 5.32 Å². The summed E-state index contributed by atoms with van der Waals surface area (Å²) < 4.78 is 0. The number of carbonyl (C=O) groups excluding carboxylic acids is 2. The summed E-state index contributed by atoms with van der Waals surface area (Å²) in [5.74, 6) is -0.635. The Kier molecular flexibility index (Phi) is 4.57. The van der Waals surface area contributed by atoms with Crippen LogP contribution in [0.5, 0.6) is 0 Å². The Morgan fingerprint density at radius 2 is 2.00 bits per heavy atom. The van der Waals surface area contributed by atoms with E-state index in [2.05, 4.69) is 5.32 Å². The third kappa shape index (κ3) is 3.28. The molecule has 0 saturated carbocycles. The molecular weight excluding hydrogens is 388 g/mol. The minimum absolute atomic E-state index is 0.0164. The van der Waals surface area contributed by atoms with Crippen molar-refractivity contribution in [3.05, 3.63) is 72.6 Å². The minimum atomic E-state index is -0.556. The number of nitro benzene ring substituents is 1. The zero-order chi connectivity index (χ0) is 19.1. The molecule has 2 aromatic rings. The van der Waals surface area contributed by atoms with Crippen LogP contribution in [0.1, 0.15) is 41.5 Å². The molecule has 1 aliphatic heterocycles. The van der Waals surface area contributed by atoms with Crippen molar-refractivity contribution in [3.63, 3.8) is 0 Å². The summed E-state index contributed by atoms with van der Waals surface area (Å²) in [7, 11) is 0. The largest absolute Gasteiger partial charge is 0.329 e. The maximum absolute atomic E-state index is 12.9. The highest BCUT2D eigenvalue weighted by Gasteiger charge is 2.38. The lowest BCUT2D eigenvalue weighted by atomic mass is 9.74. The van der Waals surface area contributed by atoms with E-state index < -0.39 is 10.8 Å². The second kappa shape index (κ2) is 6.90. The van der Waals surface area contributed by atoms with Crippen molar-refractivity contribution in [2.24, 2.45) is 0 Å². The van der Waals surface area contributed by atoms with E-state index in [0.29, 0.717) is 29.7 Å². The van der Waals surface area contributed by atoms with E-state index in [1.807, 2.05) is 17.5 Å². The van der Waals surface area contributed by atoms with Gasteiger partial charge < -0.3 is 5.32 Å². The predicted molar refractivity (Wildman–Crippen MR) is 102 cm³/mol. The van der Waals surface area contributed by atoms with Gasteiger partial charge in [0, 0.05) is 46.9 Å². The topological polar surface area (TPSA) is 89.3 Å². The normalized spacial score (nSPS) is 22.4. The van der Waals surface area contributed by atoms with Crippen molar-refractivity contribution in [2.75, 3.05) is 0 Å². The van der Waals surface area contributed by atoms with Crippen molar-refractivity contribution in [3.8, 4) is 0 Å². The predicted octanol–water partition coefficient (Wildman–Crippen LogP) is 4.31. The smallest absolute Gasteiger partial charge is 0.288 e. The fourth-order valence-electron chi connectivity index (χ4n) is 3.86. The Morgan fingerprint density at radius 1 is 1.19 bits per heavy atom. The molecule has 1 N–H and O–H groups in total. The number of halogens is 1. The Bertz CT molecular complexity index is 984. The van der Waals surface area contributed by atoms with E-state index in [1.54, 1.807) is 17.4 Å². The lowest BCUT2D eigenvalue weighted by Gasteiger charge is -2.34. The van der Waals surface area contributed by atoms with Gasteiger partial charge in [-0.15, -0.1) is 11.3 Å². The molecule has 0 radical (unpaired) electrons. The molecule has 8 heteroatoms. The third-order valence-electron chi connectivity index (χ3n) is 5.05. The fraction of sp³-hybridized carbons (Fsp3) is 0.263. The van der Waals surface area contributed by atoms with Crippen LogP contribution in [-0.2, 0) is 9.59 Å². The van der Waals surface area contributed by atoms with Crippen LogP contribution in [-0.4, -0.2) is 16.6 Å². The zero-order valence-corrected chi connectivity index (χ0v) is 15.7. The highest BCUT2D eigenvalue weighted by atomic mass is 35.5. The summed E-state index contributed by atoms with van der Waals surface area (Å²) >= 11 is 7.50. The molecule has 2 aliphatic rings. The van der Waals surface area contributed by atoms with Crippen molar-refractivity contribution < 1.29 is 14.5 Å². The summed E-state index contributed by atoms with van der Waals surface area (Å²) in [6.45, 7) is 0. The molecule has 0 saturated heterocycles. The molecule has 1 aromatic heterocycles. The molecule has 138 valence electrons. The van der Waals surface area contributed by atoms with E-state index in [0.717, 1.165) is 4.88 Å². The highest BCUT2D eigenvalue weighted by Crippen LogP contribution is 2.44. The maximum Gasteiger partial charge on any atom is 0.288 e. The van der Waals surface area contributed by atoms with Crippen LogP contribution >= 0.6 is 22.9 Å². The number of hydrogen-bond acceptors (Lipinski definition) is 5. The Morgan fingerprint density at radius 3 is 2.70 bits per heavy atom. The maximum atomic E-state index is 12.9. The molecule has 2 unspecified atom stereocenters. The molecule has 1 amide bonds. The third-order valence-corrected chi connectivity index (χ3v) is 6.41. The summed E-state index contributed by atoms with van der Waals surface area (Å²) in [6, 6.07) is 8.42. The SMILES string of the molecule is O=C1CC(c2ccc(Cl)c([N+](=O)[O-])c2)C2=C(CC(c3cccs3)CC2=O)N1. The molecular formula is C19H15ClN2O4S. The van der Waals surface area contributed by atoms with Crippen LogP contribution in [0, 0.1) is 10.1 Å². The number of rotatable bonds is 3. The summed E-state index contributed by atoms with van der Waals surface area (Å²) in [5, 5.41) is 16.1. The lowest BCUT2D eigenvalue weighted by Crippen LogP contribution is -2.38. The Hall–Kier alpha value is -2.51. The van der Waals surface area contributed by atoms with Gasteiger partial charge in [0.15, 0.2) is 5.78 Å². The van der Waals surface area contributed by atoms with Gasteiger partial charge in [0.05, 0.1) is 4.92 Å². The lowest BCUT2D eigenvalue weighted by molar-refractivity contribution is -0.384. The molecule has 0 bridgehead atoms. The Balaban J connectivity index is 1.75. The standard InChI is InChI=1S/C19H15ClN2O4S/c20-13-4-3-10(7-15(13)22(25)26)12-9-18(24)21-14-6-11(8-16(23)19(12)14)17-2-1-5-27-17/h1-5,7,11-12H,6,8-9H2,(H,21,24). The van der Waals surface area contributed by atoms with Gasteiger partial charge in [0.25, 0.3) is 5.69 Å². The number of Topliss-reactive ketones (excluding diaryl/α,β-unsaturated/α-hetero) is 1. The summed E-state index contributed by atoms with van der Waals surface area (Å²) in [6.07, 6.45) is 1.05. The number of benzene rings is 1. The number of nitrogens with zero attached hydrogens (tertiary/aromatic N) is 1. The van der Waals surface area contributed by atoms with Crippen LogP contribution in [0.4, 0.5) is 5.69 Å². The second-order valence-electron chi connectivity index (χ2n) is 6.71. The van der Waals surface area contributed by atoms with Crippen LogP contribution in [0.25, 0.3) is 0 Å². The van der Waals surface area contributed by atoms with Crippen LogP contribution in [0.3, 0.4) is 0 Å². The van der Waals surface area contributed by atoms with Gasteiger partial charge in [-0.1, -0.05) is 23.7 Å². The van der Waals surface area contributed by atoms with Crippen molar-refractivity contribution >= 4 is 40.3 Å². The molecule has 2 heterocycles. The fourth-order valence-corrected chi connectivity index (χ4v) is 4.87. The molecule has 0 fully saturated rings. The van der Waals surface area contributed by atoms with Gasteiger partial charge in [-0.25, -0.2) is 0 Å². The number of ketones is 1. The number of allylic oxidation sites excluding steroid dienone is 2. The van der Waals surface area contributed by atoms with E-state index in [1.165, 1.54) is 12.1 Å². The first kappa shape index (κ1) is 17.9. The number of nitrogens with one attached hydrogen (secondary N) is 1. The van der Waals surface area contributed by atoms with Crippen LogP contribution < -0.4 is 5.32 Å². The number of nitro groups is 1. The molecule has 27 heavy (non-hydrogen) atoms. The number of hydrogen-bond donors (Lipinski definition) is 1. The summed E-state index contributed by atoms with van der Waals surface area (Å²) in [5.41, 5.74) is 1.56. The number of amides is 1. The zero-order valence-electron chi connectivity index (χ0n) is 14.1. The first-order valence-electron chi connectivity index (χ1n) is 8.47. The summed E-state index contributed by atoms with van der Waals surface area (Å²) in [4.78, 5) is 37.0. The first-order valence-corrected chi connectivity index (χ1v) is 9.73. The molecule has 0 spiro atoms. The van der Waals surface area contributed by atoms with Crippen molar-refractivity contribution in [1.29, 1.82) is 0 Å². The van der Waals surface area contributed by atoms with E-state index in [-0.39, 0.29) is 34.7 Å². The highest BCUT2D eigenvalue weighted by molar-refractivity contribution is 7.10. The van der Waals surface area contributed by atoms with Crippen LogP contribution in [0.2, 0.25) is 5.02 Å². The van der Waals surface area contributed by atoms with Gasteiger partial charge in [-0.05, 0) is 29.5 Å². The van der Waals surface area contributed by atoms with Crippen molar-refractivity contribution in [2.45, 2.75) is 31.1 Å². The number of thiophene rings is 1. The van der Waals surface area contributed by atoms with E-state index in [4.69, 9.17) is 11.6 Å². The Labute approximate surface area is 164 Å². The number of carbonyl (C=O) groups is 2. The van der Waals surface area contributed by atoms with Crippen LogP contribution in [0.15, 0.2) is 47.0 Å².